The number of rotatable bonds is 2. The van der Waals surface area contributed by atoms with Gasteiger partial charge in [-0.2, -0.15) is 4.98 Å². The standard InChI is InChI=1S/C6H7N3OS/c1-4(7-3-11)6-8-5(2)9-10-6/h4H,1-2H3/t4-/m1/s1. The van der Waals surface area contributed by atoms with Gasteiger partial charge in [0.05, 0.1) is 5.16 Å². The lowest BCUT2D eigenvalue weighted by Crippen LogP contribution is -1.88. The predicted molar refractivity (Wildman–Crippen MR) is 42.5 cm³/mol. The van der Waals surface area contributed by atoms with E-state index in [4.69, 9.17) is 4.52 Å². The summed E-state index contributed by atoms with van der Waals surface area (Å²) in [6, 6.07) is -0.186. The summed E-state index contributed by atoms with van der Waals surface area (Å²) in [7, 11) is 0. The molecule has 0 aliphatic heterocycles. The van der Waals surface area contributed by atoms with E-state index in [1.54, 1.807) is 6.92 Å². The molecular weight excluding hydrogens is 162 g/mol. The van der Waals surface area contributed by atoms with Crippen molar-refractivity contribution >= 4 is 17.4 Å². The molecular formula is C6H7N3OS. The maximum absolute atomic E-state index is 4.84. The normalized spacial score (nSPS) is 12.2. The largest absolute Gasteiger partial charge is 0.337 e. The van der Waals surface area contributed by atoms with E-state index in [2.05, 4.69) is 32.5 Å². The molecule has 5 heteroatoms. The van der Waals surface area contributed by atoms with Crippen molar-refractivity contribution in [2.24, 2.45) is 4.99 Å². The Morgan fingerprint density at radius 2 is 2.45 bits per heavy atom. The van der Waals surface area contributed by atoms with Crippen molar-refractivity contribution in [2.75, 3.05) is 0 Å². The molecule has 58 valence electrons. The molecule has 0 aliphatic rings. The van der Waals surface area contributed by atoms with Gasteiger partial charge in [0.2, 0.25) is 0 Å². The molecule has 0 unspecified atom stereocenters. The minimum absolute atomic E-state index is 0.186. The van der Waals surface area contributed by atoms with E-state index in [0.29, 0.717) is 11.7 Å². The van der Waals surface area contributed by atoms with Gasteiger partial charge in [0.25, 0.3) is 5.89 Å². The molecule has 0 bridgehead atoms. The van der Waals surface area contributed by atoms with Crippen molar-refractivity contribution < 1.29 is 4.52 Å². The van der Waals surface area contributed by atoms with Crippen LogP contribution >= 0.6 is 12.2 Å². The maximum Gasteiger partial charge on any atom is 0.251 e. The SMILES string of the molecule is Cc1noc([C@@H](C)N=C=S)n1. The van der Waals surface area contributed by atoms with Gasteiger partial charge < -0.3 is 4.52 Å². The predicted octanol–water partition coefficient (Wildman–Crippen LogP) is 1.54. The highest BCUT2D eigenvalue weighted by Gasteiger charge is 2.09. The Bertz CT molecular complexity index is 290. The van der Waals surface area contributed by atoms with Crippen LogP contribution < -0.4 is 0 Å². The molecule has 0 saturated carbocycles. The lowest BCUT2D eigenvalue weighted by molar-refractivity contribution is 0.359. The molecule has 1 aromatic rings. The van der Waals surface area contributed by atoms with Crippen LogP contribution in [0.2, 0.25) is 0 Å². The molecule has 4 nitrogen and oxygen atoms in total. The molecule has 1 rings (SSSR count). The van der Waals surface area contributed by atoms with Gasteiger partial charge in [-0.1, -0.05) is 5.16 Å². The Morgan fingerprint density at radius 3 is 2.91 bits per heavy atom. The third kappa shape index (κ3) is 1.93. The van der Waals surface area contributed by atoms with Crippen LogP contribution in [0.1, 0.15) is 24.7 Å². The lowest BCUT2D eigenvalue weighted by atomic mass is 10.4. The van der Waals surface area contributed by atoms with Gasteiger partial charge in [-0.05, 0) is 26.1 Å². The van der Waals surface area contributed by atoms with E-state index in [9.17, 15) is 0 Å². The minimum Gasteiger partial charge on any atom is -0.337 e. The summed E-state index contributed by atoms with van der Waals surface area (Å²) in [5, 5.41) is 5.87. The average Bonchev–Trinajstić information content (AvgIpc) is 2.36. The summed E-state index contributed by atoms with van der Waals surface area (Å²) in [6.45, 7) is 3.56. The van der Waals surface area contributed by atoms with Gasteiger partial charge in [-0.25, -0.2) is 4.99 Å². The van der Waals surface area contributed by atoms with Crippen molar-refractivity contribution in [2.45, 2.75) is 19.9 Å². The van der Waals surface area contributed by atoms with Gasteiger partial charge in [-0.15, -0.1) is 0 Å². The Kier molecular flexibility index (Phi) is 2.46. The van der Waals surface area contributed by atoms with Crippen LogP contribution in [0.4, 0.5) is 0 Å². The number of aliphatic imine (C=N–C) groups is 1. The summed E-state index contributed by atoms with van der Waals surface area (Å²) < 4.78 is 4.84. The van der Waals surface area contributed by atoms with Gasteiger partial charge >= 0.3 is 0 Å². The molecule has 0 saturated heterocycles. The van der Waals surface area contributed by atoms with Crippen LogP contribution in [0.25, 0.3) is 0 Å². The second-order valence-corrected chi connectivity index (χ2v) is 2.26. The van der Waals surface area contributed by atoms with E-state index >= 15 is 0 Å². The fourth-order valence-electron chi connectivity index (χ4n) is 0.617. The molecule has 11 heavy (non-hydrogen) atoms. The third-order valence-corrected chi connectivity index (χ3v) is 1.25. The van der Waals surface area contributed by atoms with E-state index < -0.39 is 0 Å². The zero-order chi connectivity index (χ0) is 8.27. The fourth-order valence-corrected chi connectivity index (χ4v) is 0.775. The summed E-state index contributed by atoms with van der Waals surface area (Å²) in [4.78, 5) is 7.75. The Labute approximate surface area is 69.3 Å². The number of thiocarbonyl (C=S) groups is 1. The van der Waals surface area contributed by atoms with E-state index in [1.165, 1.54) is 0 Å². The number of isothiocyanates is 1. The molecule has 0 N–H and O–H groups in total. The smallest absolute Gasteiger partial charge is 0.251 e. The summed E-state index contributed by atoms with van der Waals surface area (Å²) >= 11 is 4.43. The van der Waals surface area contributed by atoms with E-state index in [-0.39, 0.29) is 6.04 Å². The number of aromatic nitrogens is 2. The molecule has 0 radical (unpaired) electrons. The zero-order valence-electron chi connectivity index (χ0n) is 6.24. The second kappa shape index (κ2) is 3.37. The highest BCUT2D eigenvalue weighted by atomic mass is 32.1. The quantitative estimate of drug-likeness (QED) is 0.497. The number of aryl methyl sites for hydroxylation is 1. The van der Waals surface area contributed by atoms with Crippen LogP contribution in [0.5, 0.6) is 0 Å². The van der Waals surface area contributed by atoms with E-state index in [0.717, 1.165) is 0 Å². The van der Waals surface area contributed by atoms with Gasteiger partial charge in [0.15, 0.2) is 5.82 Å². The van der Waals surface area contributed by atoms with Crippen LogP contribution in [0.15, 0.2) is 9.52 Å². The van der Waals surface area contributed by atoms with Crippen molar-refractivity contribution in [1.29, 1.82) is 0 Å². The molecule has 1 aromatic heterocycles. The molecule has 1 heterocycles. The minimum atomic E-state index is -0.186. The first-order valence-corrected chi connectivity index (χ1v) is 3.52. The molecule has 0 aromatic carbocycles. The van der Waals surface area contributed by atoms with Gasteiger partial charge in [0.1, 0.15) is 6.04 Å². The highest BCUT2D eigenvalue weighted by Crippen LogP contribution is 2.12. The number of nitrogens with zero attached hydrogens (tertiary/aromatic N) is 3. The number of hydrogen-bond acceptors (Lipinski definition) is 5. The van der Waals surface area contributed by atoms with Crippen LogP contribution in [0, 0.1) is 6.92 Å². The van der Waals surface area contributed by atoms with Crippen LogP contribution in [-0.4, -0.2) is 15.3 Å². The van der Waals surface area contributed by atoms with Gasteiger partial charge in [-0.3, -0.25) is 0 Å². The van der Waals surface area contributed by atoms with Crippen molar-refractivity contribution in [3.05, 3.63) is 11.7 Å². The Morgan fingerprint density at radius 1 is 1.73 bits per heavy atom. The average molecular weight is 169 g/mol. The van der Waals surface area contributed by atoms with Crippen LogP contribution in [0.3, 0.4) is 0 Å². The fraction of sp³-hybridized carbons (Fsp3) is 0.500. The Hall–Kier alpha value is -1.06. The summed E-state index contributed by atoms with van der Waals surface area (Å²) in [5.74, 6) is 1.08. The zero-order valence-corrected chi connectivity index (χ0v) is 7.05. The lowest BCUT2D eigenvalue weighted by Gasteiger charge is -1.92. The maximum atomic E-state index is 4.84. The highest BCUT2D eigenvalue weighted by molar-refractivity contribution is 7.78. The number of hydrogen-bond donors (Lipinski definition) is 0. The summed E-state index contributed by atoms with van der Waals surface area (Å²) in [6.07, 6.45) is 0. The van der Waals surface area contributed by atoms with Crippen molar-refractivity contribution in [3.8, 4) is 0 Å². The second-order valence-electron chi connectivity index (χ2n) is 2.08. The van der Waals surface area contributed by atoms with Crippen LogP contribution in [-0.2, 0) is 0 Å². The molecule has 0 fully saturated rings. The summed E-state index contributed by atoms with van der Waals surface area (Å²) in [5.41, 5.74) is 0. The van der Waals surface area contributed by atoms with Crippen molar-refractivity contribution in [3.63, 3.8) is 0 Å². The molecule has 0 spiro atoms. The van der Waals surface area contributed by atoms with Gasteiger partial charge in [0, 0.05) is 0 Å². The van der Waals surface area contributed by atoms with Crippen molar-refractivity contribution in [1.82, 2.24) is 10.1 Å². The first-order valence-electron chi connectivity index (χ1n) is 3.11. The molecule has 0 aliphatic carbocycles. The molecule has 1 atom stereocenters. The van der Waals surface area contributed by atoms with E-state index in [1.807, 2.05) is 6.92 Å². The monoisotopic (exact) mass is 169 g/mol. The topological polar surface area (TPSA) is 51.3 Å². The first kappa shape index (κ1) is 8.04. The molecule has 0 amide bonds. The Balaban J connectivity index is 2.84. The first-order chi connectivity index (χ1) is 5.24. The third-order valence-electron chi connectivity index (χ3n) is 1.15.